The molecule has 3 nitrogen and oxygen atoms in total. The van der Waals surface area contributed by atoms with Crippen molar-refractivity contribution in [3.05, 3.63) is 12.5 Å². The van der Waals surface area contributed by atoms with Crippen LogP contribution in [0.3, 0.4) is 0 Å². The van der Waals surface area contributed by atoms with Gasteiger partial charge < -0.3 is 14.8 Å². The van der Waals surface area contributed by atoms with Crippen molar-refractivity contribution in [3.8, 4) is 0 Å². The number of ether oxygens (including phenoxy) is 2. The summed E-state index contributed by atoms with van der Waals surface area (Å²) in [5, 5.41) is 2.82. The fraction of sp³-hybridized carbons (Fsp3) is 0.714. The molecule has 0 aromatic rings. The Balaban J connectivity index is 2.96. The normalized spacial score (nSPS) is 13.4. The molecule has 1 unspecified atom stereocenters. The Morgan fingerprint density at radius 3 is 2.82 bits per heavy atom. The van der Waals surface area contributed by atoms with Crippen LogP contribution in [0.5, 0.6) is 0 Å². The van der Waals surface area contributed by atoms with E-state index >= 15 is 0 Å². The third-order valence-electron chi connectivity index (χ3n) is 0.880. The first-order chi connectivity index (χ1) is 5.27. The molecule has 0 aromatic carbocycles. The zero-order valence-corrected chi connectivity index (χ0v) is 9.00. The number of hydrogen-bond donors (Lipinski definition) is 1. The second-order valence-electron chi connectivity index (χ2n) is 1.88. The maximum Gasteiger partial charge on any atom is 0.111 e. The minimum atomic E-state index is 0.254. The van der Waals surface area contributed by atoms with E-state index in [4.69, 9.17) is 9.47 Å². The van der Waals surface area contributed by atoms with Crippen molar-refractivity contribution in [2.24, 2.45) is 0 Å². The van der Waals surface area contributed by atoms with Crippen LogP contribution in [0, 0.1) is 0 Å². The lowest BCUT2D eigenvalue weighted by molar-refractivity contribution is 0.0842. The molecule has 4 heteroatoms. The van der Waals surface area contributed by atoms with Gasteiger partial charge >= 0.3 is 0 Å². The van der Waals surface area contributed by atoms with E-state index in [1.165, 1.54) is 0 Å². The molecular weight excluding hydrogens is 257 g/mol. The highest BCUT2D eigenvalue weighted by Gasteiger charge is 1.92. The van der Waals surface area contributed by atoms with E-state index in [1.54, 1.807) is 12.5 Å². The van der Waals surface area contributed by atoms with Gasteiger partial charge in [0.1, 0.15) is 10.7 Å². The summed E-state index contributed by atoms with van der Waals surface area (Å²) < 4.78 is 10.5. The molecule has 66 valence electrons. The number of rotatable bonds is 6. The Morgan fingerprint density at radius 2 is 2.27 bits per heavy atom. The summed E-state index contributed by atoms with van der Waals surface area (Å²) in [5.74, 6) is 0. The van der Waals surface area contributed by atoms with Crippen LogP contribution in [-0.4, -0.2) is 24.4 Å². The third kappa shape index (κ3) is 10.0. The van der Waals surface area contributed by atoms with Crippen LogP contribution in [0.15, 0.2) is 12.5 Å². The smallest absolute Gasteiger partial charge is 0.111 e. The highest BCUT2D eigenvalue weighted by Crippen LogP contribution is 1.98. The summed E-state index contributed by atoms with van der Waals surface area (Å²) >= 11 is 2.20. The van der Waals surface area contributed by atoms with E-state index in [-0.39, 0.29) is 4.11 Å². The van der Waals surface area contributed by atoms with E-state index in [0.29, 0.717) is 13.2 Å². The second-order valence-corrected chi connectivity index (χ2v) is 3.63. The minimum absolute atomic E-state index is 0.254. The predicted molar refractivity (Wildman–Crippen MR) is 53.6 cm³/mol. The van der Waals surface area contributed by atoms with Crippen molar-refractivity contribution < 1.29 is 9.47 Å². The van der Waals surface area contributed by atoms with Crippen LogP contribution in [0.2, 0.25) is 0 Å². The lowest BCUT2D eigenvalue weighted by Gasteiger charge is -2.04. The molecule has 0 fully saturated rings. The maximum absolute atomic E-state index is 5.23. The largest absolute Gasteiger partial charge is 0.497 e. The van der Waals surface area contributed by atoms with E-state index in [1.807, 2.05) is 14.0 Å². The van der Waals surface area contributed by atoms with Crippen molar-refractivity contribution in [2.45, 2.75) is 11.0 Å². The molecule has 0 heterocycles. The van der Waals surface area contributed by atoms with Crippen molar-refractivity contribution in [2.75, 3.05) is 20.3 Å². The Bertz CT molecular complexity index is 107. The topological polar surface area (TPSA) is 30.5 Å². The molecule has 0 bridgehead atoms. The number of alkyl halides is 1. The summed E-state index contributed by atoms with van der Waals surface area (Å²) in [6.45, 7) is 3.23. The van der Waals surface area contributed by atoms with Gasteiger partial charge in [-0.05, 0) is 6.92 Å². The second kappa shape index (κ2) is 8.13. The van der Waals surface area contributed by atoms with Gasteiger partial charge in [0, 0.05) is 13.2 Å². The van der Waals surface area contributed by atoms with Crippen molar-refractivity contribution in [1.82, 2.24) is 5.32 Å². The van der Waals surface area contributed by atoms with Crippen LogP contribution in [0.4, 0.5) is 0 Å². The summed E-state index contributed by atoms with van der Waals surface area (Å²) in [5.41, 5.74) is 0. The Kier molecular flexibility index (Phi) is 8.15. The van der Waals surface area contributed by atoms with Gasteiger partial charge in [0.05, 0.1) is 12.9 Å². The van der Waals surface area contributed by atoms with Crippen LogP contribution in [-0.2, 0) is 9.47 Å². The summed E-state index contributed by atoms with van der Waals surface area (Å²) in [6, 6.07) is 0. The summed E-state index contributed by atoms with van der Waals surface area (Å²) in [6.07, 6.45) is 3.34. The van der Waals surface area contributed by atoms with Crippen molar-refractivity contribution in [1.29, 1.82) is 0 Å². The first-order valence-electron chi connectivity index (χ1n) is 3.47. The fourth-order valence-electron chi connectivity index (χ4n) is 0.443. The Labute approximate surface area is 81.3 Å². The van der Waals surface area contributed by atoms with Gasteiger partial charge in [-0.2, -0.15) is 0 Å². The lowest BCUT2D eigenvalue weighted by atomic mass is 10.7. The van der Waals surface area contributed by atoms with Gasteiger partial charge in [-0.3, -0.25) is 0 Å². The van der Waals surface area contributed by atoms with Crippen LogP contribution in [0.25, 0.3) is 0 Å². The van der Waals surface area contributed by atoms with E-state index in [0.717, 1.165) is 0 Å². The Morgan fingerprint density at radius 1 is 1.55 bits per heavy atom. The number of halogens is 1. The molecule has 0 saturated carbocycles. The SMILES string of the molecule is CN/C=C/OCCOC(C)I. The molecule has 0 aliphatic heterocycles. The molecule has 0 aliphatic carbocycles. The van der Waals surface area contributed by atoms with Crippen molar-refractivity contribution >= 4 is 22.6 Å². The maximum atomic E-state index is 5.23. The molecule has 1 N–H and O–H groups in total. The molecule has 0 radical (unpaired) electrons. The average molecular weight is 271 g/mol. The van der Waals surface area contributed by atoms with Gasteiger partial charge in [0.2, 0.25) is 0 Å². The summed E-state index contributed by atoms with van der Waals surface area (Å²) in [7, 11) is 1.82. The predicted octanol–water partition coefficient (Wildman–Crippen LogP) is 1.49. The van der Waals surface area contributed by atoms with Gasteiger partial charge in [-0.25, -0.2) is 0 Å². The first-order valence-corrected chi connectivity index (χ1v) is 4.71. The van der Waals surface area contributed by atoms with Gasteiger partial charge in [0.15, 0.2) is 0 Å². The minimum Gasteiger partial charge on any atom is -0.497 e. The fourth-order valence-corrected chi connectivity index (χ4v) is 0.697. The highest BCUT2D eigenvalue weighted by atomic mass is 127. The van der Waals surface area contributed by atoms with Crippen LogP contribution < -0.4 is 5.32 Å². The van der Waals surface area contributed by atoms with E-state index in [9.17, 15) is 0 Å². The molecule has 0 amide bonds. The molecular formula is C7H14INO2. The molecule has 0 aromatic heterocycles. The quantitative estimate of drug-likeness (QED) is 0.343. The molecule has 11 heavy (non-hydrogen) atoms. The molecule has 0 spiro atoms. The molecule has 0 rings (SSSR count). The van der Waals surface area contributed by atoms with Gasteiger partial charge in [-0.15, -0.1) is 0 Å². The summed E-state index contributed by atoms with van der Waals surface area (Å²) in [4.78, 5) is 0. The number of hydrogen-bond acceptors (Lipinski definition) is 3. The first kappa shape index (κ1) is 11.0. The van der Waals surface area contributed by atoms with E-state index < -0.39 is 0 Å². The standard InChI is InChI=1S/C7H14INO2/c1-7(8)11-6-5-10-4-3-9-2/h3-4,7,9H,5-6H2,1-2H3/b4-3+. The zero-order chi connectivity index (χ0) is 8.53. The van der Waals surface area contributed by atoms with Gasteiger partial charge in [0.25, 0.3) is 0 Å². The molecule has 1 atom stereocenters. The van der Waals surface area contributed by atoms with Crippen molar-refractivity contribution in [3.63, 3.8) is 0 Å². The monoisotopic (exact) mass is 271 g/mol. The van der Waals surface area contributed by atoms with Crippen LogP contribution in [0.1, 0.15) is 6.92 Å². The Hall–Kier alpha value is 0.0300. The lowest BCUT2D eigenvalue weighted by Crippen LogP contribution is -2.05. The molecule has 0 saturated heterocycles. The number of nitrogens with one attached hydrogen (secondary N) is 1. The van der Waals surface area contributed by atoms with Gasteiger partial charge in [-0.1, -0.05) is 22.6 Å². The highest BCUT2D eigenvalue weighted by molar-refractivity contribution is 14.1. The average Bonchev–Trinajstić information content (AvgIpc) is 1.96. The van der Waals surface area contributed by atoms with Crippen LogP contribution >= 0.6 is 22.6 Å². The zero-order valence-electron chi connectivity index (χ0n) is 6.84. The molecule has 0 aliphatic rings. The third-order valence-corrected chi connectivity index (χ3v) is 1.24. The van der Waals surface area contributed by atoms with E-state index in [2.05, 4.69) is 27.9 Å².